The Balaban J connectivity index is 2.80. The van der Waals surface area contributed by atoms with Crippen molar-refractivity contribution in [2.24, 2.45) is 0 Å². The van der Waals surface area contributed by atoms with Crippen molar-refractivity contribution < 1.29 is 9.50 Å². The topological polar surface area (TPSA) is 19.9 Å². The van der Waals surface area contributed by atoms with Gasteiger partial charge >= 0.3 is 0 Å². The molecule has 2 heteroatoms. The SMILES string of the molecule is [O]c1ccc2ccc(F)cc2c1. The number of benzene rings is 2. The van der Waals surface area contributed by atoms with Gasteiger partial charge in [-0.2, -0.15) is 0 Å². The highest BCUT2D eigenvalue weighted by Gasteiger charge is 1.97. The summed E-state index contributed by atoms with van der Waals surface area (Å²) in [6.07, 6.45) is 0. The second kappa shape index (κ2) is 2.48. The number of hydrogen-bond donors (Lipinski definition) is 0. The number of hydrogen-bond acceptors (Lipinski definition) is 0. The van der Waals surface area contributed by atoms with Gasteiger partial charge in [-0.1, -0.05) is 12.1 Å². The highest BCUT2D eigenvalue weighted by Crippen LogP contribution is 2.20. The van der Waals surface area contributed by atoms with Crippen LogP contribution in [0.5, 0.6) is 5.75 Å². The van der Waals surface area contributed by atoms with Crippen molar-refractivity contribution in [1.82, 2.24) is 0 Å². The van der Waals surface area contributed by atoms with E-state index in [1.54, 1.807) is 12.1 Å². The highest BCUT2D eigenvalue weighted by atomic mass is 19.1. The molecule has 2 aromatic carbocycles. The molecule has 1 radical (unpaired) electrons. The zero-order valence-corrected chi connectivity index (χ0v) is 6.25. The molecule has 0 aliphatic rings. The third kappa shape index (κ3) is 1.11. The van der Waals surface area contributed by atoms with E-state index >= 15 is 0 Å². The fraction of sp³-hybridized carbons (Fsp3) is 0. The number of rotatable bonds is 0. The Labute approximate surface area is 69.1 Å². The van der Waals surface area contributed by atoms with Crippen molar-refractivity contribution in [3.8, 4) is 5.75 Å². The number of fused-ring (bicyclic) bond motifs is 1. The first-order chi connectivity index (χ1) is 5.75. The van der Waals surface area contributed by atoms with E-state index in [9.17, 15) is 9.50 Å². The first-order valence-electron chi connectivity index (χ1n) is 3.62. The van der Waals surface area contributed by atoms with Crippen molar-refractivity contribution in [3.63, 3.8) is 0 Å². The molecule has 0 aliphatic carbocycles. The van der Waals surface area contributed by atoms with E-state index in [4.69, 9.17) is 0 Å². The van der Waals surface area contributed by atoms with E-state index in [0.717, 1.165) is 5.39 Å². The summed E-state index contributed by atoms with van der Waals surface area (Å²) in [5, 5.41) is 12.4. The van der Waals surface area contributed by atoms with E-state index in [1.165, 1.54) is 24.3 Å². The van der Waals surface area contributed by atoms with Crippen LogP contribution in [-0.2, 0) is 5.11 Å². The molecule has 2 aromatic rings. The average Bonchev–Trinajstić information content (AvgIpc) is 2.03. The average molecular weight is 161 g/mol. The zero-order chi connectivity index (χ0) is 8.55. The van der Waals surface area contributed by atoms with E-state index in [-0.39, 0.29) is 11.6 Å². The molecular formula is C10H6FO. The normalized spacial score (nSPS) is 10.4. The van der Waals surface area contributed by atoms with Gasteiger partial charge in [-0.15, -0.1) is 0 Å². The Morgan fingerprint density at radius 1 is 0.917 bits per heavy atom. The summed E-state index contributed by atoms with van der Waals surface area (Å²) in [5.74, 6) is -0.402. The maximum absolute atomic E-state index is 12.7. The second-order valence-corrected chi connectivity index (χ2v) is 2.65. The summed E-state index contributed by atoms with van der Waals surface area (Å²) < 4.78 is 12.7. The zero-order valence-electron chi connectivity index (χ0n) is 6.25. The molecule has 1 nitrogen and oxygen atoms in total. The van der Waals surface area contributed by atoms with Crippen LogP contribution in [-0.4, -0.2) is 0 Å². The third-order valence-corrected chi connectivity index (χ3v) is 1.77. The van der Waals surface area contributed by atoms with Crippen LogP contribution < -0.4 is 0 Å². The lowest BCUT2D eigenvalue weighted by atomic mass is 10.1. The Bertz CT molecular complexity index is 386. The van der Waals surface area contributed by atoms with Crippen LogP contribution in [0.15, 0.2) is 36.4 Å². The van der Waals surface area contributed by atoms with Crippen LogP contribution in [0, 0.1) is 5.82 Å². The highest BCUT2D eigenvalue weighted by molar-refractivity contribution is 5.83. The van der Waals surface area contributed by atoms with Crippen molar-refractivity contribution in [2.75, 3.05) is 0 Å². The monoisotopic (exact) mass is 161 g/mol. The first kappa shape index (κ1) is 7.10. The quantitative estimate of drug-likeness (QED) is 0.565. The fourth-order valence-electron chi connectivity index (χ4n) is 1.20. The molecule has 0 fully saturated rings. The molecule has 0 amide bonds. The minimum absolute atomic E-state index is 0.0897. The Morgan fingerprint density at radius 3 is 2.50 bits per heavy atom. The molecule has 2 rings (SSSR count). The molecule has 59 valence electrons. The summed E-state index contributed by atoms with van der Waals surface area (Å²) >= 11 is 0. The summed E-state index contributed by atoms with van der Waals surface area (Å²) in [4.78, 5) is 0. The van der Waals surface area contributed by atoms with Gasteiger partial charge in [-0.05, 0) is 35.0 Å². The van der Waals surface area contributed by atoms with Crippen molar-refractivity contribution in [1.29, 1.82) is 0 Å². The van der Waals surface area contributed by atoms with Crippen LogP contribution in [0.25, 0.3) is 10.8 Å². The van der Waals surface area contributed by atoms with Crippen LogP contribution in [0.1, 0.15) is 0 Å². The minimum Gasteiger partial charge on any atom is -0.290 e. The molecule has 0 saturated heterocycles. The maximum Gasteiger partial charge on any atom is 0.179 e. The molecule has 0 saturated carbocycles. The minimum atomic E-state index is -0.312. The van der Waals surface area contributed by atoms with Gasteiger partial charge in [0.15, 0.2) is 5.75 Å². The molecule has 0 atom stereocenters. The largest absolute Gasteiger partial charge is 0.290 e. The predicted molar refractivity (Wildman–Crippen MR) is 44.0 cm³/mol. The predicted octanol–water partition coefficient (Wildman–Crippen LogP) is 3.12. The lowest BCUT2D eigenvalue weighted by molar-refractivity contribution is 0.355. The maximum atomic E-state index is 12.7. The summed E-state index contributed by atoms with van der Waals surface area (Å²) in [5.41, 5.74) is 0. The molecule has 0 spiro atoms. The number of halogens is 1. The molecule has 0 bridgehead atoms. The van der Waals surface area contributed by atoms with E-state index in [2.05, 4.69) is 0 Å². The molecule has 0 aromatic heterocycles. The first-order valence-corrected chi connectivity index (χ1v) is 3.62. The van der Waals surface area contributed by atoms with E-state index in [0.29, 0.717) is 5.39 Å². The summed E-state index contributed by atoms with van der Waals surface area (Å²) in [6, 6.07) is 8.99. The summed E-state index contributed by atoms with van der Waals surface area (Å²) in [7, 11) is 0. The fourth-order valence-corrected chi connectivity index (χ4v) is 1.20. The van der Waals surface area contributed by atoms with Crippen LogP contribution >= 0.6 is 0 Å². The van der Waals surface area contributed by atoms with Gasteiger partial charge < -0.3 is 0 Å². The standard InChI is InChI=1S/C10H6FO/c11-9-3-1-7-2-4-10(12)6-8(7)5-9/h1-6H. The molecule has 0 aliphatic heterocycles. The Kier molecular flexibility index (Phi) is 1.47. The Morgan fingerprint density at radius 2 is 1.67 bits per heavy atom. The third-order valence-electron chi connectivity index (χ3n) is 1.77. The van der Waals surface area contributed by atoms with Crippen LogP contribution in [0.3, 0.4) is 0 Å². The van der Waals surface area contributed by atoms with Gasteiger partial charge in [-0.3, -0.25) is 5.11 Å². The van der Waals surface area contributed by atoms with Crippen molar-refractivity contribution in [3.05, 3.63) is 42.2 Å². The molecular weight excluding hydrogens is 155 g/mol. The van der Waals surface area contributed by atoms with Gasteiger partial charge in [0.05, 0.1) is 0 Å². The molecule has 12 heavy (non-hydrogen) atoms. The van der Waals surface area contributed by atoms with Crippen molar-refractivity contribution >= 4 is 10.8 Å². The van der Waals surface area contributed by atoms with E-state index in [1.807, 2.05) is 0 Å². The van der Waals surface area contributed by atoms with Gasteiger partial charge in [0, 0.05) is 0 Å². The van der Waals surface area contributed by atoms with Gasteiger partial charge in [0.1, 0.15) is 5.82 Å². The lowest BCUT2D eigenvalue weighted by Crippen LogP contribution is -1.74. The van der Waals surface area contributed by atoms with Gasteiger partial charge in [0.25, 0.3) is 0 Å². The van der Waals surface area contributed by atoms with Gasteiger partial charge in [0.2, 0.25) is 0 Å². The smallest absolute Gasteiger partial charge is 0.179 e. The molecule has 0 N–H and O–H groups in total. The van der Waals surface area contributed by atoms with Crippen molar-refractivity contribution in [2.45, 2.75) is 0 Å². The summed E-state index contributed by atoms with van der Waals surface area (Å²) in [6.45, 7) is 0. The molecule has 0 heterocycles. The van der Waals surface area contributed by atoms with Crippen LogP contribution in [0.4, 0.5) is 4.39 Å². The second-order valence-electron chi connectivity index (χ2n) is 2.65. The van der Waals surface area contributed by atoms with E-state index < -0.39 is 0 Å². The Hall–Kier alpha value is -1.57. The van der Waals surface area contributed by atoms with Crippen LogP contribution in [0.2, 0.25) is 0 Å². The lowest BCUT2D eigenvalue weighted by Gasteiger charge is -1.96. The van der Waals surface area contributed by atoms with Gasteiger partial charge in [-0.25, -0.2) is 4.39 Å². The molecule has 0 unspecified atom stereocenters.